The topological polar surface area (TPSA) is 84.2 Å². The highest BCUT2D eigenvalue weighted by Gasteiger charge is 2.33. The van der Waals surface area contributed by atoms with Crippen molar-refractivity contribution in [1.29, 1.82) is 0 Å². The summed E-state index contributed by atoms with van der Waals surface area (Å²) in [5, 5.41) is 6.69. The van der Waals surface area contributed by atoms with Crippen LogP contribution >= 0.6 is 35.2 Å². The van der Waals surface area contributed by atoms with E-state index in [1.807, 2.05) is 6.92 Å². The van der Waals surface area contributed by atoms with E-state index in [4.69, 9.17) is 29.6 Å². The lowest BCUT2D eigenvalue weighted by atomic mass is 9.72. The van der Waals surface area contributed by atoms with Crippen LogP contribution in [0.5, 0.6) is 0 Å². The Kier molecular flexibility index (Phi) is 6.55. The number of nitrogens with one attached hydrogen (secondary N) is 2. The smallest absolute Gasteiger partial charge is 0.258 e. The van der Waals surface area contributed by atoms with E-state index in [2.05, 4.69) is 31.4 Å². The maximum absolute atomic E-state index is 12.5. The van der Waals surface area contributed by atoms with Crippen molar-refractivity contribution in [2.24, 2.45) is 17.1 Å². The summed E-state index contributed by atoms with van der Waals surface area (Å²) in [6.07, 6.45) is 2.73. The zero-order valence-electron chi connectivity index (χ0n) is 17.5. The molecule has 0 unspecified atom stereocenters. The Morgan fingerprint density at radius 3 is 2.60 bits per heavy atom. The minimum Gasteiger partial charge on any atom is -0.365 e. The van der Waals surface area contributed by atoms with Gasteiger partial charge in [-0.25, -0.2) is 0 Å². The molecule has 0 aliphatic heterocycles. The molecule has 1 aliphatic rings. The summed E-state index contributed by atoms with van der Waals surface area (Å²) >= 11 is 13.0. The van der Waals surface area contributed by atoms with Gasteiger partial charge in [0, 0.05) is 4.88 Å². The first-order valence-corrected chi connectivity index (χ1v) is 11.4. The highest BCUT2D eigenvalue weighted by Crippen LogP contribution is 2.44. The molecule has 30 heavy (non-hydrogen) atoms. The van der Waals surface area contributed by atoms with Crippen LogP contribution < -0.4 is 16.4 Å². The monoisotopic (exact) mass is 463 g/mol. The van der Waals surface area contributed by atoms with Crippen molar-refractivity contribution in [3.63, 3.8) is 0 Å². The maximum atomic E-state index is 12.5. The zero-order valence-corrected chi connectivity index (χ0v) is 19.9. The van der Waals surface area contributed by atoms with Gasteiger partial charge in [-0.15, -0.1) is 11.3 Å². The van der Waals surface area contributed by atoms with Crippen LogP contribution in [0.2, 0.25) is 5.02 Å². The third-order valence-corrected chi connectivity index (χ3v) is 7.25. The third kappa shape index (κ3) is 4.85. The van der Waals surface area contributed by atoms with E-state index in [0.717, 1.165) is 35.3 Å². The zero-order chi connectivity index (χ0) is 22.2. The number of benzene rings is 1. The normalized spacial score (nSPS) is 16.0. The predicted molar refractivity (Wildman–Crippen MR) is 128 cm³/mol. The van der Waals surface area contributed by atoms with E-state index in [1.165, 1.54) is 11.3 Å². The summed E-state index contributed by atoms with van der Waals surface area (Å²) in [6, 6.07) is 5.18. The molecule has 1 aromatic heterocycles. The van der Waals surface area contributed by atoms with Crippen molar-refractivity contribution in [1.82, 2.24) is 5.32 Å². The number of fused-ring (bicyclic) bond motifs is 1. The van der Waals surface area contributed by atoms with Gasteiger partial charge in [-0.05, 0) is 73.0 Å². The maximum Gasteiger partial charge on any atom is 0.258 e. The van der Waals surface area contributed by atoms with Crippen LogP contribution in [0.1, 0.15) is 63.9 Å². The largest absolute Gasteiger partial charge is 0.365 e. The molecule has 0 bridgehead atoms. The minimum atomic E-state index is -0.486. The number of thiophene rings is 1. The van der Waals surface area contributed by atoms with Crippen molar-refractivity contribution in [3.05, 3.63) is 50.4 Å². The standard InChI is InChI=1S/C22H26ClN3O2S2/c1-11-5-7-13(15(23)9-11)19(28)25-21(29)26-20-17(18(24)27)14-8-6-12(22(2,3)4)10-16(14)30-20/h5,7,9,12H,6,8,10H2,1-4H3,(H2,24,27)(H2,25,26,28,29)/t12-/m1/s1. The highest BCUT2D eigenvalue weighted by molar-refractivity contribution is 7.80. The molecule has 0 spiro atoms. The van der Waals surface area contributed by atoms with Crippen molar-refractivity contribution in [2.75, 3.05) is 5.32 Å². The van der Waals surface area contributed by atoms with Crippen LogP contribution in [0, 0.1) is 18.3 Å². The summed E-state index contributed by atoms with van der Waals surface area (Å²) in [5.41, 5.74) is 8.66. The Labute approximate surface area is 191 Å². The van der Waals surface area contributed by atoms with Crippen LogP contribution in [0.15, 0.2) is 18.2 Å². The number of primary amides is 1. The highest BCUT2D eigenvalue weighted by atomic mass is 35.5. The number of hydrogen-bond acceptors (Lipinski definition) is 4. The molecule has 1 aliphatic carbocycles. The van der Waals surface area contributed by atoms with Crippen molar-refractivity contribution in [2.45, 2.75) is 47.0 Å². The second kappa shape index (κ2) is 8.65. The van der Waals surface area contributed by atoms with E-state index < -0.39 is 11.8 Å². The molecule has 160 valence electrons. The first-order valence-electron chi connectivity index (χ1n) is 9.80. The van der Waals surface area contributed by atoms with Crippen LogP contribution in [-0.4, -0.2) is 16.9 Å². The molecule has 0 radical (unpaired) electrons. The molecule has 1 aromatic carbocycles. The van der Waals surface area contributed by atoms with Crippen LogP contribution in [0.25, 0.3) is 0 Å². The number of nitrogens with two attached hydrogens (primary N) is 1. The van der Waals surface area contributed by atoms with Gasteiger partial charge in [0.2, 0.25) is 0 Å². The summed E-state index contributed by atoms with van der Waals surface area (Å²) in [5.74, 6) is -0.361. The van der Waals surface area contributed by atoms with E-state index in [1.54, 1.807) is 18.2 Å². The first kappa shape index (κ1) is 22.7. The molecule has 2 aromatic rings. The van der Waals surface area contributed by atoms with Crippen LogP contribution in [0.3, 0.4) is 0 Å². The number of thiocarbonyl (C=S) groups is 1. The lowest BCUT2D eigenvalue weighted by Gasteiger charge is -2.33. The molecule has 1 atom stereocenters. The van der Waals surface area contributed by atoms with Gasteiger partial charge in [-0.1, -0.05) is 38.4 Å². The van der Waals surface area contributed by atoms with E-state index in [0.29, 0.717) is 27.1 Å². The number of amides is 2. The predicted octanol–water partition coefficient (Wildman–Crippen LogP) is 5.09. The van der Waals surface area contributed by atoms with Crippen LogP contribution in [-0.2, 0) is 12.8 Å². The molecule has 0 fully saturated rings. The molecule has 5 nitrogen and oxygen atoms in total. The van der Waals surface area contributed by atoms with E-state index in [-0.39, 0.29) is 10.5 Å². The van der Waals surface area contributed by atoms with Gasteiger partial charge in [0.15, 0.2) is 5.11 Å². The summed E-state index contributed by atoms with van der Waals surface area (Å²) in [6.45, 7) is 8.62. The molecule has 1 heterocycles. The summed E-state index contributed by atoms with van der Waals surface area (Å²) < 4.78 is 0. The second-order valence-electron chi connectivity index (χ2n) is 8.77. The Hall–Kier alpha value is -1.96. The lowest BCUT2D eigenvalue weighted by molar-refractivity contribution is 0.0975. The van der Waals surface area contributed by atoms with Gasteiger partial charge < -0.3 is 11.1 Å². The Balaban J connectivity index is 1.79. The fraction of sp³-hybridized carbons (Fsp3) is 0.409. The average Bonchev–Trinajstić information content (AvgIpc) is 2.97. The SMILES string of the molecule is Cc1ccc(C(=O)NC(=S)Nc2sc3c(c2C(N)=O)CC[C@@H](C(C)(C)C)C3)c(Cl)c1. The Morgan fingerprint density at radius 2 is 2.00 bits per heavy atom. The molecule has 4 N–H and O–H groups in total. The average molecular weight is 464 g/mol. The second-order valence-corrected chi connectivity index (χ2v) is 10.7. The number of aryl methyl sites for hydroxylation is 1. The van der Waals surface area contributed by atoms with E-state index in [9.17, 15) is 9.59 Å². The molecule has 8 heteroatoms. The van der Waals surface area contributed by atoms with E-state index >= 15 is 0 Å². The number of hydrogen-bond donors (Lipinski definition) is 3. The lowest BCUT2D eigenvalue weighted by Crippen LogP contribution is -2.34. The number of rotatable bonds is 3. The summed E-state index contributed by atoms with van der Waals surface area (Å²) in [7, 11) is 0. The van der Waals surface area contributed by atoms with Gasteiger partial charge in [0.1, 0.15) is 5.00 Å². The van der Waals surface area contributed by atoms with Gasteiger partial charge in [-0.3, -0.25) is 14.9 Å². The van der Waals surface area contributed by atoms with Crippen LogP contribution in [0.4, 0.5) is 5.00 Å². The van der Waals surface area contributed by atoms with Gasteiger partial charge >= 0.3 is 0 Å². The molecule has 3 rings (SSSR count). The number of carbonyl (C=O) groups excluding carboxylic acids is 2. The Morgan fingerprint density at radius 1 is 1.30 bits per heavy atom. The molecule has 0 saturated heterocycles. The first-order chi connectivity index (χ1) is 14.0. The molecular formula is C22H26ClN3O2S2. The van der Waals surface area contributed by atoms with Gasteiger partial charge in [-0.2, -0.15) is 0 Å². The molecule has 0 saturated carbocycles. The third-order valence-electron chi connectivity index (χ3n) is 5.56. The molecule has 2 amide bonds. The number of anilines is 1. The minimum absolute atomic E-state index is 0.102. The quantitative estimate of drug-likeness (QED) is 0.553. The molecular weight excluding hydrogens is 438 g/mol. The number of halogens is 1. The summed E-state index contributed by atoms with van der Waals surface area (Å²) in [4.78, 5) is 25.9. The van der Waals surface area contributed by atoms with Crippen molar-refractivity contribution < 1.29 is 9.59 Å². The van der Waals surface area contributed by atoms with Gasteiger partial charge in [0.25, 0.3) is 11.8 Å². The van der Waals surface area contributed by atoms with Crippen molar-refractivity contribution in [3.8, 4) is 0 Å². The fourth-order valence-corrected chi connectivity index (χ4v) is 5.70. The Bertz CT molecular complexity index is 1020. The fourth-order valence-electron chi connectivity index (χ4n) is 3.78. The van der Waals surface area contributed by atoms with Crippen molar-refractivity contribution >= 4 is 57.1 Å². The number of carbonyl (C=O) groups is 2. The van der Waals surface area contributed by atoms with Gasteiger partial charge in [0.05, 0.1) is 16.1 Å².